The van der Waals surface area contributed by atoms with Crippen LogP contribution < -0.4 is 0 Å². The quantitative estimate of drug-likeness (QED) is 0.820. The molecule has 0 fully saturated rings. The van der Waals surface area contributed by atoms with E-state index in [1.807, 2.05) is 0 Å². The summed E-state index contributed by atoms with van der Waals surface area (Å²) in [6.07, 6.45) is 0. The maximum absolute atomic E-state index is 10.9. The monoisotopic (exact) mass is 268 g/mol. The lowest BCUT2D eigenvalue weighted by Crippen LogP contribution is -2.08. The van der Waals surface area contributed by atoms with Gasteiger partial charge in [-0.05, 0) is 23.6 Å². The minimum absolute atomic E-state index is 0.00584. The minimum atomic E-state index is -1.12. The summed E-state index contributed by atoms with van der Waals surface area (Å²) in [7, 11) is 0. The number of carbonyl (C=O) groups is 2. The van der Waals surface area contributed by atoms with Gasteiger partial charge in [0.1, 0.15) is 0 Å². The molecule has 0 saturated heterocycles. The van der Waals surface area contributed by atoms with Crippen LogP contribution in [0.25, 0.3) is 0 Å². The van der Waals surface area contributed by atoms with Gasteiger partial charge in [-0.15, -0.1) is 11.8 Å². The third-order valence-electron chi connectivity index (χ3n) is 2.07. The Morgan fingerprint density at radius 1 is 1.06 bits per heavy atom. The molecule has 0 amide bonds. The zero-order chi connectivity index (χ0) is 13.9. The molecule has 0 bridgehead atoms. The Bertz CT molecular complexity index is 442. The van der Waals surface area contributed by atoms with Crippen LogP contribution in [0.5, 0.6) is 0 Å². The molecule has 4 nitrogen and oxygen atoms in total. The predicted molar refractivity (Wildman–Crippen MR) is 70.5 cm³/mol. The smallest absolute Gasteiger partial charge is 0.335 e. The van der Waals surface area contributed by atoms with Crippen molar-refractivity contribution in [1.29, 1.82) is 0 Å². The molecule has 0 radical (unpaired) electrons. The average Bonchev–Trinajstić information content (AvgIpc) is 2.25. The number of rotatable bonds is 4. The Morgan fingerprint density at radius 2 is 1.50 bits per heavy atom. The Kier molecular flexibility index (Phi) is 4.40. The first-order valence-corrected chi connectivity index (χ1v) is 6.42. The van der Waals surface area contributed by atoms with E-state index in [0.29, 0.717) is 4.90 Å². The van der Waals surface area contributed by atoms with Crippen molar-refractivity contribution in [3.8, 4) is 0 Å². The van der Waals surface area contributed by atoms with Gasteiger partial charge in [-0.25, -0.2) is 9.59 Å². The lowest BCUT2D eigenvalue weighted by molar-refractivity contribution is 0.0696. The molecule has 5 heteroatoms. The molecule has 0 atom stereocenters. The molecule has 0 aromatic heterocycles. The van der Waals surface area contributed by atoms with Crippen molar-refractivity contribution >= 4 is 23.7 Å². The van der Waals surface area contributed by atoms with Crippen LogP contribution in [0.2, 0.25) is 0 Å². The molecule has 0 aliphatic heterocycles. The Labute approximate surface area is 110 Å². The lowest BCUT2D eigenvalue weighted by atomic mass is 10.0. The highest BCUT2D eigenvalue weighted by Crippen LogP contribution is 2.28. The fourth-order valence-corrected chi connectivity index (χ4v) is 2.25. The molecule has 1 aromatic rings. The molecule has 0 heterocycles. The van der Waals surface area contributed by atoms with Gasteiger partial charge in [0.15, 0.2) is 0 Å². The maximum atomic E-state index is 10.9. The van der Waals surface area contributed by atoms with E-state index >= 15 is 0 Å². The third-order valence-corrected chi connectivity index (χ3v) is 3.65. The van der Waals surface area contributed by atoms with Crippen molar-refractivity contribution in [1.82, 2.24) is 0 Å². The molecule has 2 N–H and O–H groups in total. The fraction of sp³-hybridized carbons (Fsp3) is 0.385. The summed E-state index contributed by atoms with van der Waals surface area (Å²) in [5, 5.41) is 17.9. The largest absolute Gasteiger partial charge is 0.478 e. The predicted octanol–water partition coefficient (Wildman–Crippen LogP) is 3.22. The first kappa shape index (κ1) is 14.6. The van der Waals surface area contributed by atoms with E-state index in [9.17, 15) is 9.59 Å². The number of benzene rings is 1. The second-order valence-corrected chi connectivity index (χ2v) is 6.25. The number of carboxylic acids is 2. The van der Waals surface area contributed by atoms with E-state index in [1.165, 1.54) is 30.0 Å². The van der Waals surface area contributed by atoms with E-state index in [0.717, 1.165) is 5.75 Å². The van der Waals surface area contributed by atoms with Crippen LogP contribution in [0.4, 0.5) is 0 Å². The van der Waals surface area contributed by atoms with Crippen LogP contribution in [0.1, 0.15) is 41.5 Å². The van der Waals surface area contributed by atoms with E-state index in [-0.39, 0.29) is 16.5 Å². The number of aromatic carboxylic acids is 2. The van der Waals surface area contributed by atoms with Gasteiger partial charge in [0.05, 0.1) is 11.1 Å². The number of hydrogen-bond donors (Lipinski definition) is 2. The van der Waals surface area contributed by atoms with Gasteiger partial charge >= 0.3 is 11.9 Å². The van der Waals surface area contributed by atoms with Crippen LogP contribution in [0.3, 0.4) is 0 Å². The summed E-state index contributed by atoms with van der Waals surface area (Å²) in [5.41, 5.74) is 0.102. The van der Waals surface area contributed by atoms with Crippen LogP contribution >= 0.6 is 11.8 Å². The van der Waals surface area contributed by atoms with Crippen molar-refractivity contribution in [2.75, 3.05) is 5.75 Å². The minimum Gasteiger partial charge on any atom is -0.478 e. The summed E-state index contributed by atoms with van der Waals surface area (Å²) >= 11 is 1.46. The number of thioether (sulfide) groups is 1. The topological polar surface area (TPSA) is 74.6 Å². The summed E-state index contributed by atoms with van der Waals surface area (Å²) in [6.45, 7) is 6.21. The molecule has 0 aliphatic rings. The summed E-state index contributed by atoms with van der Waals surface area (Å²) in [5.74, 6) is -1.44. The Hall–Kier alpha value is -1.49. The molecular formula is C13H16O4S. The number of carboxylic acid groups (broad SMARTS) is 2. The van der Waals surface area contributed by atoms with E-state index in [1.54, 1.807) is 0 Å². The zero-order valence-corrected chi connectivity index (χ0v) is 11.4. The molecule has 0 aliphatic carbocycles. The lowest BCUT2D eigenvalue weighted by Gasteiger charge is -2.17. The maximum Gasteiger partial charge on any atom is 0.335 e. The van der Waals surface area contributed by atoms with Crippen LogP contribution in [0.15, 0.2) is 23.1 Å². The molecule has 0 unspecified atom stereocenters. The molecule has 1 rings (SSSR count). The second-order valence-electron chi connectivity index (χ2n) is 5.21. The van der Waals surface area contributed by atoms with Crippen LogP contribution in [-0.4, -0.2) is 27.9 Å². The molecule has 0 saturated carbocycles. The van der Waals surface area contributed by atoms with Crippen LogP contribution in [-0.2, 0) is 0 Å². The van der Waals surface area contributed by atoms with Gasteiger partial charge in [0.2, 0.25) is 0 Å². The molecule has 18 heavy (non-hydrogen) atoms. The first-order chi connectivity index (χ1) is 8.19. The van der Waals surface area contributed by atoms with E-state index in [4.69, 9.17) is 10.2 Å². The zero-order valence-electron chi connectivity index (χ0n) is 10.6. The summed E-state index contributed by atoms with van der Waals surface area (Å²) < 4.78 is 0. The first-order valence-electron chi connectivity index (χ1n) is 5.43. The van der Waals surface area contributed by atoms with Gasteiger partial charge in [-0.3, -0.25) is 0 Å². The standard InChI is InChI=1S/C13H16O4S/c1-13(2,3)7-18-10-5-8(11(14)15)4-9(6-10)12(16)17/h4-6H,7H2,1-3H3,(H,14,15)(H,16,17). The SMILES string of the molecule is CC(C)(C)CSc1cc(C(=O)O)cc(C(=O)O)c1. The summed E-state index contributed by atoms with van der Waals surface area (Å²) in [4.78, 5) is 22.5. The Morgan fingerprint density at radius 3 is 1.83 bits per heavy atom. The van der Waals surface area contributed by atoms with Crippen molar-refractivity contribution < 1.29 is 19.8 Å². The van der Waals surface area contributed by atoms with Crippen molar-refractivity contribution in [2.24, 2.45) is 5.41 Å². The normalized spacial score (nSPS) is 11.3. The van der Waals surface area contributed by atoms with Crippen molar-refractivity contribution in [3.05, 3.63) is 29.3 Å². The van der Waals surface area contributed by atoms with Gasteiger partial charge in [0, 0.05) is 10.6 Å². The van der Waals surface area contributed by atoms with Crippen molar-refractivity contribution in [2.45, 2.75) is 25.7 Å². The molecule has 1 aromatic carbocycles. The van der Waals surface area contributed by atoms with Gasteiger partial charge in [0.25, 0.3) is 0 Å². The van der Waals surface area contributed by atoms with E-state index in [2.05, 4.69) is 20.8 Å². The fourth-order valence-electron chi connectivity index (χ4n) is 1.23. The average molecular weight is 268 g/mol. The Balaban J connectivity index is 3.04. The highest BCUT2D eigenvalue weighted by Gasteiger charge is 2.14. The summed E-state index contributed by atoms with van der Waals surface area (Å²) in [6, 6.07) is 4.18. The number of hydrogen-bond acceptors (Lipinski definition) is 3. The van der Waals surface area contributed by atoms with Gasteiger partial charge in [-0.2, -0.15) is 0 Å². The highest BCUT2D eigenvalue weighted by atomic mass is 32.2. The van der Waals surface area contributed by atoms with Crippen LogP contribution in [0, 0.1) is 5.41 Å². The molecule has 98 valence electrons. The van der Waals surface area contributed by atoms with E-state index < -0.39 is 11.9 Å². The van der Waals surface area contributed by atoms with Gasteiger partial charge in [-0.1, -0.05) is 20.8 Å². The molecule has 0 spiro atoms. The third kappa shape index (κ3) is 4.41. The second kappa shape index (κ2) is 5.44. The highest BCUT2D eigenvalue weighted by molar-refractivity contribution is 7.99. The molecular weight excluding hydrogens is 252 g/mol. The van der Waals surface area contributed by atoms with Gasteiger partial charge < -0.3 is 10.2 Å². The van der Waals surface area contributed by atoms with Crippen molar-refractivity contribution in [3.63, 3.8) is 0 Å².